The Hall–Kier alpha value is -1.89. The molecule has 0 saturated carbocycles. The van der Waals surface area contributed by atoms with Gasteiger partial charge in [-0.2, -0.15) is 37.0 Å². The fraction of sp³-hybridized carbons (Fsp3) is 0.500. The van der Waals surface area contributed by atoms with Crippen LogP contribution in [0.3, 0.4) is 0 Å². The van der Waals surface area contributed by atoms with Crippen molar-refractivity contribution in [2.45, 2.75) is 37.0 Å². The van der Waals surface area contributed by atoms with Crippen LogP contribution in [0.15, 0.2) is 30.3 Å². The van der Waals surface area contributed by atoms with Crippen LogP contribution in [0.25, 0.3) is 0 Å². The summed E-state index contributed by atoms with van der Waals surface area (Å²) in [6.07, 6.45) is 2.21. The maximum atomic E-state index is 12.9. The summed E-state index contributed by atoms with van der Waals surface area (Å²) in [6.45, 7) is 0. The maximum Gasteiger partial charge on any atom is 0.326 e. The number of carboxylic acids is 1. The third-order valence-electron chi connectivity index (χ3n) is 4.49. The van der Waals surface area contributed by atoms with Crippen LogP contribution >= 0.6 is 37.0 Å². The molecule has 0 fully saturated rings. The lowest BCUT2D eigenvalue weighted by Gasteiger charge is -2.24. The monoisotopic (exact) mass is 502 g/mol. The Morgan fingerprint density at radius 1 is 0.938 bits per heavy atom. The molecule has 1 aromatic carbocycles. The lowest BCUT2D eigenvalue weighted by molar-refractivity contribution is -0.142. The SMILES string of the molecule is CSCCC(NC(=O)C(Cc1ccccc1)NC(=O)C(CS)NC(=O)C(N)CS)C(=O)O. The number of carbonyl (C=O) groups excluding carboxylic acids is 3. The molecule has 4 atom stereocenters. The van der Waals surface area contributed by atoms with E-state index in [0.717, 1.165) is 5.56 Å². The molecule has 0 bridgehead atoms. The second kappa shape index (κ2) is 15.0. The number of amides is 3. The third-order valence-corrected chi connectivity index (χ3v) is 5.89. The molecule has 0 aromatic heterocycles. The highest BCUT2D eigenvalue weighted by molar-refractivity contribution is 7.98. The van der Waals surface area contributed by atoms with E-state index in [-0.39, 0.29) is 24.3 Å². The van der Waals surface area contributed by atoms with Crippen molar-refractivity contribution in [3.63, 3.8) is 0 Å². The number of thioether (sulfide) groups is 1. The van der Waals surface area contributed by atoms with Crippen LogP contribution in [0.5, 0.6) is 0 Å². The molecule has 0 radical (unpaired) electrons. The van der Waals surface area contributed by atoms with Crippen LogP contribution in [-0.2, 0) is 25.6 Å². The van der Waals surface area contributed by atoms with E-state index in [4.69, 9.17) is 5.73 Å². The quantitative estimate of drug-likeness (QED) is 0.173. The van der Waals surface area contributed by atoms with E-state index < -0.39 is 47.9 Å². The van der Waals surface area contributed by atoms with Gasteiger partial charge in [-0.05, 0) is 24.0 Å². The average molecular weight is 503 g/mol. The van der Waals surface area contributed by atoms with Crippen molar-refractivity contribution in [2.24, 2.45) is 5.73 Å². The molecule has 32 heavy (non-hydrogen) atoms. The summed E-state index contributed by atoms with van der Waals surface area (Å²) < 4.78 is 0. The normalized spacial score (nSPS) is 14.5. The first-order chi connectivity index (χ1) is 15.2. The molecule has 0 spiro atoms. The minimum atomic E-state index is -1.15. The van der Waals surface area contributed by atoms with Gasteiger partial charge in [0.05, 0.1) is 6.04 Å². The maximum absolute atomic E-state index is 12.9. The minimum absolute atomic E-state index is 0.0258. The Labute approximate surface area is 202 Å². The molecule has 4 unspecified atom stereocenters. The van der Waals surface area contributed by atoms with Crippen molar-refractivity contribution in [1.29, 1.82) is 0 Å². The number of rotatable bonds is 14. The van der Waals surface area contributed by atoms with Crippen LogP contribution < -0.4 is 21.7 Å². The molecule has 0 aliphatic rings. The number of nitrogens with two attached hydrogens (primary N) is 1. The Morgan fingerprint density at radius 2 is 1.50 bits per heavy atom. The van der Waals surface area contributed by atoms with Crippen molar-refractivity contribution in [3.05, 3.63) is 35.9 Å². The fourth-order valence-electron chi connectivity index (χ4n) is 2.65. The highest BCUT2D eigenvalue weighted by atomic mass is 32.2. The van der Waals surface area contributed by atoms with Gasteiger partial charge in [-0.1, -0.05) is 30.3 Å². The van der Waals surface area contributed by atoms with Gasteiger partial charge in [0.1, 0.15) is 18.1 Å². The van der Waals surface area contributed by atoms with Crippen LogP contribution in [0.2, 0.25) is 0 Å². The molecule has 6 N–H and O–H groups in total. The lowest BCUT2D eigenvalue weighted by Crippen LogP contribution is -2.58. The highest BCUT2D eigenvalue weighted by Crippen LogP contribution is 2.07. The second-order valence-electron chi connectivity index (χ2n) is 6.96. The van der Waals surface area contributed by atoms with Gasteiger partial charge >= 0.3 is 5.97 Å². The first kappa shape index (κ1) is 28.1. The lowest BCUT2D eigenvalue weighted by atomic mass is 10.0. The number of thiol groups is 2. The Kier molecular flexibility index (Phi) is 13.2. The third kappa shape index (κ3) is 9.72. The van der Waals surface area contributed by atoms with E-state index >= 15 is 0 Å². The summed E-state index contributed by atoms with van der Waals surface area (Å²) in [5.41, 5.74) is 6.40. The zero-order chi connectivity index (χ0) is 24.1. The number of nitrogens with one attached hydrogen (secondary N) is 3. The molecule has 0 aliphatic heterocycles. The number of hydrogen-bond acceptors (Lipinski definition) is 8. The van der Waals surface area contributed by atoms with E-state index in [2.05, 4.69) is 41.2 Å². The summed E-state index contributed by atoms with van der Waals surface area (Å²) in [7, 11) is 0. The van der Waals surface area contributed by atoms with Crippen molar-refractivity contribution < 1.29 is 24.3 Å². The predicted molar refractivity (Wildman–Crippen MR) is 132 cm³/mol. The molecule has 1 aromatic rings. The Bertz CT molecular complexity index is 769. The minimum Gasteiger partial charge on any atom is -0.480 e. The smallest absolute Gasteiger partial charge is 0.326 e. The van der Waals surface area contributed by atoms with Crippen molar-refractivity contribution in [3.8, 4) is 0 Å². The van der Waals surface area contributed by atoms with Crippen LogP contribution in [0.4, 0.5) is 0 Å². The second-order valence-corrected chi connectivity index (χ2v) is 8.68. The summed E-state index contributed by atoms with van der Waals surface area (Å²) in [5, 5.41) is 17.0. The van der Waals surface area contributed by atoms with E-state index in [9.17, 15) is 24.3 Å². The Balaban J connectivity index is 2.99. The summed E-state index contributed by atoms with van der Waals surface area (Å²) in [5.74, 6) is -2.37. The van der Waals surface area contributed by atoms with Gasteiger partial charge in [-0.25, -0.2) is 4.79 Å². The number of aliphatic carboxylic acids is 1. The number of benzene rings is 1. The molecule has 178 valence electrons. The molecule has 9 nitrogen and oxygen atoms in total. The van der Waals surface area contributed by atoms with Gasteiger partial charge in [0, 0.05) is 17.9 Å². The predicted octanol–water partition coefficient (Wildman–Crippen LogP) is -0.292. The highest BCUT2D eigenvalue weighted by Gasteiger charge is 2.29. The zero-order valence-electron chi connectivity index (χ0n) is 17.7. The molecule has 0 heterocycles. The molecular weight excluding hydrogens is 472 g/mol. The standard InChI is InChI=1S/C20H30N4O5S3/c1-32-8-7-14(20(28)29)22-18(26)15(9-12-5-3-2-4-6-12)23-19(27)16(11-31)24-17(25)13(21)10-30/h2-6,13-16,30-31H,7-11,21H2,1H3,(H,22,26)(H,23,27)(H,24,25)(H,28,29). The van der Waals surface area contributed by atoms with Crippen molar-refractivity contribution in [2.75, 3.05) is 23.5 Å². The van der Waals surface area contributed by atoms with Gasteiger partial charge in [0.2, 0.25) is 17.7 Å². The van der Waals surface area contributed by atoms with Crippen molar-refractivity contribution >= 4 is 60.7 Å². The van der Waals surface area contributed by atoms with Crippen molar-refractivity contribution in [1.82, 2.24) is 16.0 Å². The largest absolute Gasteiger partial charge is 0.480 e. The van der Waals surface area contributed by atoms with E-state index in [0.29, 0.717) is 5.75 Å². The molecular formula is C20H30N4O5S3. The van der Waals surface area contributed by atoms with Gasteiger partial charge in [0.25, 0.3) is 0 Å². The van der Waals surface area contributed by atoms with Crippen LogP contribution in [0.1, 0.15) is 12.0 Å². The van der Waals surface area contributed by atoms with Gasteiger partial charge in [-0.15, -0.1) is 0 Å². The summed E-state index contributed by atoms with van der Waals surface area (Å²) in [4.78, 5) is 49.3. The summed E-state index contributed by atoms with van der Waals surface area (Å²) in [6, 6.07) is 4.91. The molecule has 12 heteroatoms. The summed E-state index contributed by atoms with van der Waals surface area (Å²) >= 11 is 9.53. The van der Waals surface area contributed by atoms with E-state index in [1.54, 1.807) is 24.3 Å². The molecule has 1 rings (SSSR count). The Morgan fingerprint density at radius 3 is 2.03 bits per heavy atom. The topological polar surface area (TPSA) is 151 Å². The number of carboxylic acid groups (broad SMARTS) is 1. The van der Waals surface area contributed by atoms with Crippen LogP contribution in [-0.4, -0.2) is 76.5 Å². The average Bonchev–Trinajstić information content (AvgIpc) is 2.79. The molecule has 0 saturated heterocycles. The molecule has 3 amide bonds. The number of carbonyl (C=O) groups is 4. The zero-order valence-corrected chi connectivity index (χ0v) is 20.3. The molecule has 0 aliphatic carbocycles. The fourth-order valence-corrected chi connectivity index (χ4v) is 3.55. The first-order valence-corrected chi connectivity index (χ1v) is 12.5. The number of hydrogen-bond donors (Lipinski definition) is 7. The van der Waals surface area contributed by atoms with E-state index in [1.165, 1.54) is 11.8 Å². The van der Waals surface area contributed by atoms with Crippen LogP contribution in [0, 0.1) is 0 Å². The van der Waals surface area contributed by atoms with Gasteiger partial charge in [-0.3, -0.25) is 14.4 Å². The van der Waals surface area contributed by atoms with Gasteiger partial charge in [0.15, 0.2) is 0 Å². The van der Waals surface area contributed by atoms with E-state index in [1.807, 2.05) is 12.3 Å². The van der Waals surface area contributed by atoms with Gasteiger partial charge < -0.3 is 26.8 Å². The first-order valence-electron chi connectivity index (χ1n) is 9.87.